The Morgan fingerprint density at radius 3 is 2.75 bits per heavy atom. The van der Waals surface area contributed by atoms with Crippen LogP contribution in [-0.2, 0) is 11.3 Å². The van der Waals surface area contributed by atoms with Gasteiger partial charge in [0.15, 0.2) is 0 Å². The van der Waals surface area contributed by atoms with Crippen molar-refractivity contribution in [2.24, 2.45) is 5.92 Å². The Morgan fingerprint density at radius 1 is 1.32 bits per heavy atom. The first-order chi connectivity index (χ1) is 13.2. The molecule has 1 aliphatic rings. The Balaban J connectivity index is 1.59. The highest BCUT2D eigenvalue weighted by molar-refractivity contribution is 5.79. The molecule has 3 rings (SSSR count). The maximum absolute atomic E-state index is 12.6. The topological polar surface area (TPSA) is 81.3 Å². The number of H-pyrrole nitrogens is 1. The van der Waals surface area contributed by atoms with Crippen molar-refractivity contribution >= 4 is 23.0 Å². The van der Waals surface area contributed by atoms with Gasteiger partial charge >= 0.3 is 6.03 Å². The molecule has 1 saturated heterocycles. The Bertz CT molecular complexity index is 834. The van der Waals surface area contributed by atoms with Crippen molar-refractivity contribution in [3.05, 3.63) is 29.1 Å². The number of carbonyl (C=O) groups excluding carboxylic acids is 2. The predicted molar refractivity (Wildman–Crippen MR) is 110 cm³/mol. The number of aryl methyl sites for hydroxylation is 2. The maximum Gasteiger partial charge on any atom is 0.317 e. The van der Waals surface area contributed by atoms with Crippen LogP contribution in [0.2, 0.25) is 0 Å². The van der Waals surface area contributed by atoms with E-state index in [1.54, 1.807) is 11.9 Å². The van der Waals surface area contributed by atoms with Gasteiger partial charge in [0.25, 0.3) is 0 Å². The Morgan fingerprint density at radius 2 is 2.04 bits per heavy atom. The second-order valence-electron chi connectivity index (χ2n) is 8.22. The quantitative estimate of drug-likeness (QED) is 0.849. The van der Waals surface area contributed by atoms with Crippen molar-refractivity contribution in [1.82, 2.24) is 25.1 Å². The first kappa shape index (κ1) is 20.2. The number of likely N-dealkylation sites (tertiary alicyclic amines) is 1. The summed E-state index contributed by atoms with van der Waals surface area (Å²) in [5.41, 5.74) is 4.32. The van der Waals surface area contributed by atoms with Crippen LogP contribution in [0.5, 0.6) is 0 Å². The monoisotopic (exact) mass is 385 g/mol. The third-order valence-electron chi connectivity index (χ3n) is 5.43. The molecule has 1 aromatic heterocycles. The zero-order valence-electron chi connectivity index (χ0n) is 17.5. The molecule has 0 radical (unpaired) electrons. The highest BCUT2D eigenvalue weighted by Crippen LogP contribution is 2.18. The average Bonchev–Trinajstić information content (AvgIpc) is 3.02. The fourth-order valence-corrected chi connectivity index (χ4v) is 3.64. The fourth-order valence-electron chi connectivity index (χ4n) is 3.64. The van der Waals surface area contributed by atoms with Crippen molar-refractivity contribution in [1.29, 1.82) is 0 Å². The van der Waals surface area contributed by atoms with E-state index in [4.69, 9.17) is 0 Å². The lowest BCUT2D eigenvalue weighted by Gasteiger charge is -2.34. The largest absolute Gasteiger partial charge is 0.340 e. The molecule has 2 aromatic rings. The van der Waals surface area contributed by atoms with Crippen molar-refractivity contribution in [3.8, 4) is 0 Å². The molecule has 1 aliphatic heterocycles. The number of hydrogen-bond donors (Lipinski definition) is 2. The van der Waals surface area contributed by atoms with Gasteiger partial charge in [0.05, 0.1) is 17.6 Å². The number of imidazole rings is 1. The molecule has 28 heavy (non-hydrogen) atoms. The van der Waals surface area contributed by atoms with Gasteiger partial charge < -0.3 is 20.1 Å². The molecule has 1 atom stereocenters. The number of fused-ring (bicyclic) bond motifs is 1. The van der Waals surface area contributed by atoms with Gasteiger partial charge in [0.2, 0.25) is 5.91 Å². The van der Waals surface area contributed by atoms with Crippen LogP contribution in [0.15, 0.2) is 12.1 Å². The Kier molecular flexibility index (Phi) is 5.91. The summed E-state index contributed by atoms with van der Waals surface area (Å²) in [7, 11) is 1.76. The molecule has 1 unspecified atom stereocenters. The van der Waals surface area contributed by atoms with Gasteiger partial charge in [-0.2, -0.15) is 0 Å². The predicted octanol–water partition coefficient (Wildman–Crippen LogP) is 2.97. The number of hydrogen-bond acceptors (Lipinski definition) is 3. The number of urea groups is 1. The minimum Gasteiger partial charge on any atom is -0.340 e. The number of rotatable bonds is 4. The van der Waals surface area contributed by atoms with E-state index in [1.807, 2.05) is 18.7 Å². The van der Waals surface area contributed by atoms with Crippen LogP contribution in [0.25, 0.3) is 11.0 Å². The molecule has 0 aliphatic carbocycles. The summed E-state index contributed by atoms with van der Waals surface area (Å²) in [5.74, 6) is 0.899. The van der Waals surface area contributed by atoms with Crippen molar-refractivity contribution in [3.63, 3.8) is 0 Å². The van der Waals surface area contributed by atoms with Gasteiger partial charge in [-0.25, -0.2) is 9.78 Å². The third-order valence-corrected chi connectivity index (χ3v) is 5.43. The number of benzene rings is 1. The number of carbonyl (C=O) groups is 2. The minimum atomic E-state index is -0.142. The van der Waals surface area contributed by atoms with Gasteiger partial charge in [-0.1, -0.05) is 13.8 Å². The maximum atomic E-state index is 12.6. The van der Waals surface area contributed by atoms with Crippen LogP contribution in [-0.4, -0.2) is 57.9 Å². The van der Waals surface area contributed by atoms with E-state index in [-0.39, 0.29) is 23.9 Å². The van der Waals surface area contributed by atoms with E-state index in [0.717, 1.165) is 36.2 Å². The molecule has 3 amide bonds. The van der Waals surface area contributed by atoms with Crippen molar-refractivity contribution in [2.45, 2.75) is 53.1 Å². The first-order valence-electron chi connectivity index (χ1n) is 10.0. The van der Waals surface area contributed by atoms with Crippen molar-refractivity contribution < 1.29 is 9.59 Å². The molecule has 7 nitrogen and oxygen atoms in total. The third kappa shape index (κ3) is 4.46. The summed E-state index contributed by atoms with van der Waals surface area (Å²) >= 11 is 0. The molecule has 7 heteroatoms. The second-order valence-corrected chi connectivity index (χ2v) is 8.22. The summed E-state index contributed by atoms with van der Waals surface area (Å²) in [5, 5.41) is 3.07. The highest BCUT2D eigenvalue weighted by atomic mass is 16.2. The molecule has 152 valence electrons. The van der Waals surface area contributed by atoms with Gasteiger partial charge in [-0.3, -0.25) is 4.79 Å². The molecule has 1 aromatic carbocycles. The summed E-state index contributed by atoms with van der Waals surface area (Å²) in [6.07, 6.45) is 1.81. The van der Waals surface area contributed by atoms with Gasteiger partial charge in [0.1, 0.15) is 5.82 Å². The zero-order chi connectivity index (χ0) is 20.4. The summed E-state index contributed by atoms with van der Waals surface area (Å²) in [4.78, 5) is 36.2. The van der Waals surface area contributed by atoms with E-state index in [1.165, 1.54) is 11.1 Å². The number of aromatic amines is 1. The van der Waals surface area contributed by atoms with E-state index in [9.17, 15) is 9.59 Å². The van der Waals surface area contributed by atoms with Crippen LogP contribution in [0.4, 0.5) is 4.79 Å². The number of nitrogens with zero attached hydrogens (tertiary/aromatic N) is 3. The molecule has 2 heterocycles. The van der Waals surface area contributed by atoms with Gasteiger partial charge in [0, 0.05) is 32.1 Å². The van der Waals surface area contributed by atoms with Crippen LogP contribution in [0.1, 0.15) is 43.6 Å². The van der Waals surface area contributed by atoms with E-state index < -0.39 is 0 Å². The van der Waals surface area contributed by atoms with Crippen LogP contribution in [0.3, 0.4) is 0 Å². The number of amides is 3. The molecule has 1 fully saturated rings. The highest BCUT2D eigenvalue weighted by Gasteiger charge is 2.26. The molecule has 0 saturated carbocycles. The minimum absolute atomic E-state index is 0.00706. The molecular weight excluding hydrogens is 354 g/mol. The van der Waals surface area contributed by atoms with Crippen LogP contribution < -0.4 is 5.32 Å². The summed E-state index contributed by atoms with van der Waals surface area (Å²) in [6, 6.07) is 4.00. The van der Waals surface area contributed by atoms with E-state index >= 15 is 0 Å². The number of piperidine rings is 1. The summed E-state index contributed by atoms with van der Waals surface area (Å²) < 4.78 is 0. The van der Waals surface area contributed by atoms with E-state index in [2.05, 4.69) is 41.3 Å². The SMILES string of the molecule is Cc1cc2nc(CN(C)C(=O)NC3CCCN(C(=O)C(C)C)C3)[nH]c2cc1C. The molecule has 2 N–H and O–H groups in total. The molecular formula is C21H31N5O2. The lowest BCUT2D eigenvalue weighted by molar-refractivity contribution is -0.135. The van der Waals surface area contributed by atoms with Crippen LogP contribution >= 0.6 is 0 Å². The lowest BCUT2D eigenvalue weighted by atomic mass is 10.0. The lowest BCUT2D eigenvalue weighted by Crippen LogP contribution is -2.52. The Labute approximate surface area is 166 Å². The first-order valence-corrected chi connectivity index (χ1v) is 10.0. The zero-order valence-corrected chi connectivity index (χ0v) is 17.5. The van der Waals surface area contributed by atoms with E-state index in [0.29, 0.717) is 13.1 Å². The normalized spacial score (nSPS) is 17.2. The number of nitrogens with one attached hydrogen (secondary N) is 2. The van der Waals surface area contributed by atoms with Gasteiger partial charge in [-0.05, 0) is 49.9 Å². The van der Waals surface area contributed by atoms with Crippen molar-refractivity contribution in [2.75, 3.05) is 20.1 Å². The van der Waals surface area contributed by atoms with Gasteiger partial charge in [-0.15, -0.1) is 0 Å². The average molecular weight is 386 g/mol. The molecule has 0 bridgehead atoms. The smallest absolute Gasteiger partial charge is 0.317 e. The standard InChI is InChI=1S/C21H31N5O2/c1-13(2)20(27)26-8-6-7-16(11-26)22-21(28)25(5)12-19-23-17-9-14(3)15(4)10-18(17)24-19/h9-10,13,16H,6-8,11-12H2,1-5H3,(H,22,28)(H,23,24). The Hall–Kier alpha value is -2.57. The summed E-state index contributed by atoms with van der Waals surface area (Å²) in [6.45, 7) is 9.73. The number of aromatic nitrogens is 2. The second kappa shape index (κ2) is 8.20. The fraction of sp³-hybridized carbons (Fsp3) is 0.571. The van der Waals surface area contributed by atoms with Crippen LogP contribution in [0, 0.1) is 19.8 Å². The molecule has 0 spiro atoms.